The summed E-state index contributed by atoms with van der Waals surface area (Å²) in [6.45, 7) is 4.59. The second-order valence-corrected chi connectivity index (χ2v) is 10.2. The van der Waals surface area contributed by atoms with E-state index >= 15 is 0 Å². The molecule has 0 saturated carbocycles. The Bertz CT molecular complexity index is 1090. The molecule has 0 radical (unpaired) electrons. The lowest BCUT2D eigenvalue weighted by Crippen LogP contribution is -2.31. The SMILES string of the molecule is CCC(O)(Cn1cnnc1SSc1nncn1CC(O)(CC)c1ccccc1)c1ccccc1. The van der Waals surface area contributed by atoms with Crippen molar-refractivity contribution in [2.24, 2.45) is 0 Å². The monoisotopic (exact) mass is 496 g/mol. The molecule has 0 bridgehead atoms. The van der Waals surface area contributed by atoms with Gasteiger partial charge in [-0.3, -0.25) is 0 Å². The van der Waals surface area contributed by atoms with Crippen LogP contribution in [0.4, 0.5) is 0 Å². The maximum atomic E-state index is 11.3. The van der Waals surface area contributed by atoms with Gasteiger partial charge in [-0.2, -0.15) is 0 Å². The highest BCUT2D eigenvalue weighted by molar-refractivity contribution is 8.76. The van der Waals surface area contributed by atoms with E-state index in [-0.39, 0.29) is 0 Å². The summed E-state index contributed by atoms with van der Waals surface area (Å²) in [5.41, 5.74) is -0.350. The Kier molecular flexibility index (Phi) is 7.72. The molecule has 2 aromatic heterocycles. The molecule has 0 fully saturated rings. The normalized spacial score (nSPS) is 15.1. The first-order valence-electron chi connectivity index (χ1n) is 11.1. The third-order valence-electron chi connectivity index (χ3n) is 6.01. The summed E-state index contributed by atoms with van der Waals surface area (Å²) < 4.78 is 3.70. The van der Waals surface area contributed by atoms with Crippen molar-refractivity contribution in [3.8, 4) is 0 Å². The fraction of sp³-hybridized carbons (Fsp3) is 0.333. The molecule has 2 heterocycles. The van der Waals surface area contributed by atoms with Crippen LogP contribution in [0, 0.1) is 0 Å². The van der Waals surface area contributed by atoms with Crippen LogP contribution in [0.3, 0.4) is 0 Å². The summed E-state index contributed by atoms with van der Waals surface area (Å²) in [6.07, 6.45) is 4.36. The largest absolute Gasteiger partial charge is 0.383 e. The van der Waals surface area contributed by atoms with E-state index in [4.69, 9.17) is 0 Å². The van der Waals surface area contributed by atoms with Crippen LogP contribution in [-0.2, 0) is 24.3 Å². The fourth-order valence-electron chi connectivity index (χ4n) is 3.78. The standard InChI is InChI=1S/C24H28N6O2S2/c1-3-23(31,19-11-7-5-8-12-19)15-29-17-25-27-21(29)33-34-22-28-26-18-30(22)16-24(32,4-2)20-13-9-6-10-14-20/h5-14,17-18,31-32H,3-4,15-16H2,1-2H3. The predicted octanol–water partition coefficient (Wildman–Crippen LogP) is 4.26. The molecule has 2 unspecified atom stereocenters. The van der Waals surface area contributed by atoms with E-state index in [1.165, 1.54) is 21.6 Å². The molecule has 0 amide bonds. The highest BCUT2D eigenvalue weighted by Crippen LogP contribution is 2.37. The van der Waals surface area contributed by atoms with E-state index in [1.807, 2.05) is 83.6 Å². The van der Waals surface area contributed by atoms with Gasteiger partial charge in [0, 0.05) is 0 Å². The Balaban J connectivity index is 1.47. The maximum Gasteiger partial charge on any atom is 0.202 e. The summed E-state index contributed by atoms with van der Waals surface area (Å²) in [4.78, 5) is 0. The van der Waals surface area contributed by atoms with E-state index in [9.17, 15) is 10.2 Å². The molecule has 34 heavy (non-hydrogen) atoms. The number of aromatic nitrogens is 6. The van der Waals surface area contributed by atoms with Crippen molar-refractivity contribution in [3.63, 3.8) is 0 Å². The van der Waals surface area contributed by atoms with Crippen molar-refractivity contribution in [1.82, 2.24) is 29.5 Å². The average Bonchev–Trinajstić information content (AvgIpc) is 3.52. The Morgan fingerprint density at radius 3 is 1.41 bits per heavy atom. The topological polar surface area (TPSA) is 102 Å². The fourth-order valence-corrected chi connectivity index (χ4v) is 5.73. The van der Waals surface area contributed by atoms with E-state index < -0.39 is 11.2 Å². The van der Waals surface area contributed by atoms with Crippen molar-refractivity contribution in [1.29, 1.82) is 0 Å². The van der Waals surface area contributed by atoms with Gasteiger partial charge in [-0.1, -0.05) is 74.5 Å². The molecular formula is C24H28N6O2S2. The first-order chi connectivity index (χ1) is 16.5. The Morgan fingerprint density at radius 2 is 1.06 bits per heavy atom. The quantitative estimate of drug-likeness (QED) is 0.297. The molecule has 0 aliphatic carbocycles. The highest BCUT2D eigenvalue weighted by atomic mass is 33.1. The number of benzene rings is 2. The number of aliphatic hydroxyl groups is 2. The molecule has 10 heteroatoms. The zero-order valence-electron chi connectivity index (χ0n) is 19.2. The summed E-state index contributed by atoms with van der Waals surface area (Å²) >= 11 is 0. The molecule has 2 N–H and O–H groups in total. The van der Waals surface area contributed by atoms with Gasteiger partial charge < -0.3 is 19.3 Å². The van der Waals surface area contributed by atoms with Gasteiger partial charge in [0.05, 0.1) is 13.1 Å². The van der Waals surface area contributed by atoms with Gasteiger partial charge in [0.25, 0.3) is 0 Å². The minimum absolute atomic E-state index is 0.333. The average molecular weight is 497 g/mol. The van der Waals surface area contributed by atoms with Crippen molar-refractivity contribution in [3.05, 3.63) is 84.4 Å². The van der Waals surface area contributed by atoms with Gasteiger partial charge in [-0.15, -0.1) is 20.4 Å². The molecule has 4 rings (SSSR count). The van der Waals surface area contributed by atoms with Crippen LogP contribution in [0.25, 0.3) is 0 Å². The van der Waals surface area contributed by atoms with Gasteiger partial charge >= 0.3 is 0 Å². The lowest BCUT2D eigenvalue weighted by Gasteiger charge is -2.28. The smallest absolute Gasteiger partial charge is 0.202 e. The third-order valence-corrected chi connectivity index (χ3v) is 8.16. The van der Waals surface area contributed by atoms with Crippen LogP contribution in [-0.4, -0.2) is 39.7 Å². The zero-order chi connectivity index (χ0) is 24.0. The van der Waals surface area contributed by atoms with E-state index in [1.54, 1.807) is 12.7 Å². The van der Waals surface area contributed by atoms with Gasteiger partial charge in [0.15, 0.2) is 0 Å². The second kappa shape index (κ2) is 10.7. The van der Waals surface area contributed by atoms with Gasteiger partial charge in [0.1, 0.15) is 23.9 Å². The summed E-state index contributed by atoms with van der Waals surface area (Å²) in [6, 6.07) is 19.3. The molecular weight excluding hydrogens is 468 g/mol. The van der Waals surface area contributed by atoms with E-state index in [0.717, 1.165) is 11.1 Å². The van der Waals surface area contributed by atoms with Crippen molar-refractivity contribution in [2.45, 2.75) is 61.3 Å². The number of hydrogen-bond donors (Lipinski definition) is 2. The predicted molar refractivity (Wildman–Crippen MR) is 133 cm³/mol. The van der Waals surface area contributed by atoms with Crippen LogP contribution in [0.2, 0.25) is 0 Å². The first-order valence-corrected chi connectivity index (χ1v) is 13.3. The summed E-state index contributed by atoms with van der Waals surface area (Å²) in [5.74, 6) is 0. The number of rotatable bonds is 11. The Hall–Kier alpha value is -2.66. The van der Waals surface area contributed by atoms with Crippen LogP contribution in [0.15, 0.2) is 83.6 Å². The highest BCUT2D eigenvalue weighted by Gasteiger charge is 2.30. The zero-order valence-corrected chi connectivity index (χ0v) is 20.8. The minimum Gasteiger partial charge on any atom is -0.383 e. The van der Waals surface area contributed by atoms with Crippen LogP contribution in [0.5, 0.6) is 0 Å². The number of nitrogens with zero attached hydrogens (tertiary/aromatic N) is 6. The van der Waals surface area contributed by atoms with Gasteiger partial charge in [-0.25, -0.2) is 0 Å². The molecule has 0 saturated heterocycles. The van der Waals surface area contributed by atoms with Crippen LogP contribution < -0.4 is 0 Å². The van der Waals surface area contributed by atoms with E-state index in [0.29, 0.717) is 36.2 Å². The summed E-state index contributed by atoms with van der Waals surface area (Å²) in [5, 5.41) is 40.5. The first kappa shape index (κ1) is 24.5. The second-order valence-electron chi connectivity index (χ2n) is 8.15. The van der Waals surface area contributed by atoms with E-state index in [2.05, 4.69) is 20.4 Å². The minimum atomic E-state index is -1.03. The van der Waals surface area contributed by atoms with Crippen molar-refractivity contribution >= 4 is 21.6 Å². The van der Waals surface area contributed by atoms with Crippen molar-refractivity contribution < 1.29 is 10.2 Å². The summed E-state index contributed by atoms with van der Waals surface area (Å²) in [7, 11) is 2.78. The van der Waals surface area contributed by atoms with Gasteiger partial charge in [0.2, 0.25) is 10.3 Å². The molecule has 4 aromatic rings. The molecule has 2 aromatic carbocycles. The molecule has 2 atom stereocenters. The third kappa shape index (κ3) is 5.35. The Morgan fingerprint density at radius 1 is 0.676 bits per heavy atom. The molecule has 0 aliphatic rings. The molecule has 0 spiro atoms. The lowest BCUT2D eigenvalue weighted by molar-refractivity contribution is 0.0117. The number of hydrogen-bond acceptors (Lipinski definition) is 8. The van der Waals surface area contributed by atoms with Crippen LogP contribution >= 0.6 is 21.6 Å². The van der Waals surface area contributed by atoms with Crippen LogP contribution in [0.1, 0.15) is 37.8 Å². The molecule has 0 aliphatic heterocycles. The molecule has 8 nitrogen and oxygen atoms in total. The molecule has 178 valence electrons. The lowest BCUT2D eigenvalue weighted by atomic mass is 9.91. The van der Waals surface area contributed by atoms with Gasteiger partial charge in [-0.05, 0) is 45.6 Å². The van der Waals surface area contributed by atoms with Crippen molar-refractivity contribution in [2.75, 3.05) is 0 Å². The Labute approximate surface area is 206 Å². The maximum absolute atomic E-state index is 11.3.